The van der Waals surface area contributed by atoms with Gasteiger partial charge in [0.15, 0.2) is 5.65 Å². The number of benzene rings is 1. The molecule has 1 aromatic carbocycles. The minimum atomic E-state index is -0.610. The van der Waals surface area contributed by atoms with Gasteiger partial charge in [0.2, 0.25) is 5.43 Å². The average Bonchev–Trinajstić information content (AvgIpc) is 3.05. The summed E-state index contributed by atoms with van der Waals surface area (Å²) in [4.78, 5) is 34.6. The van der Waals surface area contributed by atoms with E-state index in [0.717, 1.165) is 11.3 Å². The van der Waals surface area contributed by atoms with E-state index in [2.05, 4.69) is 21.5 Å². The molecule has 114 valence electrons. The second-order valence-corrected chi connectivity index (χ2v) is 5.38. The Balaban J connectivity index is 2.39. The summed E-state index contributed by atoms with van der Waals surface area (Å²) in [6, 6.07) is 3.21. The number of H-pyrrole nitrogens is 2. The Morgan fingerprint density at radius 1 is 1.43 bits per heavy atom. The number of hydrogen-bond acceptors (Lipinski definition) is 3. The summed E-state index contributed by atoms with van der Waals surface area (Å²) < 4.78 is 1.75. The van der Waals surface area contributed by atoms with Crippen molar-refractivity contribution in [1.29, 1.82) is 0 Å². The van der Waals surface area contributed by atoms with E-state index in [1.54, 1.807) is 22.7 Å². The van der Waals surface area contributed by atoms with Gasteiger partial charge in [-0.15, -0.1) is 0 Å². The molecule has 1 amide bonds. The van der Waals surface area contributed by atoms with E-state index in [9.17, 15) is 9.59 Å². The van der Waals surface area contributed by atoms with Crippen molar-refractivity contribution in [1.82, 2.24) is 19.4 Å². The number of imidazole rings is 1. The fourth-order valence-corrected chi connectivity index (χ4v) is 2.97. The molecular formula is C16H13N5O2. The van der Waals surface area contributed by atoms with Crippen molar-refractivity contribution in [2.24, 2.45) is 5.73 Å². The van der Waals surface area contributed by atoms with Gasteiger partial charge in [-0.1, -0.05) is 12.6 Å². The lowest BCUT2D eigenvalue weighted by molar-refractivity contribution is 0.100. The smallest absolute Gasteiger partial charge is 0.254 e. The van der Waals surface area contributed by atoms with Crippen molar-refractivity contribution in [3.8, 4) is 0 Å². The second kappa shape index (κ2) is 4.33. The Morgan fingerprint density at radius 3 is 2.91 bits per heavy atom. The summed E-state index contributed by atoms with van der Waals surface area (Å²) in [7, 11) is 0. The number of carbonyl (C=O) groups is 1. The number of amides is 1. The van der Waals surface area contributed by atoms with Crippen LogP contribution in [-0.4, -0.2) is 25.3 Å². The van der Waals surface area contributed by atoms with Gasteiger partial charge in [0.25, 0.3) is 5.91 Å². The molecule has 0 unspecified atom stereocenters. The largest absolute Gasteiger partial charge is 0.365 e. The van der Waals surface area contributed by atoms with E-state index in [-0.39, 0.29) is 11.0 Å². The highest BCUT2D eigenvalue weighted by molar-refractivity contribution is 6.12. The Kier molecular flexibility index (Phi) is 2.51. The summed E-state index contributed by atoms with van der Waals surface area (Å²) in [5.74, 6) is -0.610. The molecule has 0 aliphatic heterocycles. The first kappa shape index (κ1) is 13.3. The maximum absolute atomic E-state index is 12.1. The standard InChI is InChI=1S/C16H13N5O2/c1-3-8-6-18-12-10(14(17)23)15-20-11-9(22)5-4-7(2)13(11)21(15)16(12)19-8/h3-6,18-19H,1H2,2H3,(H2,17,23). The lowest BCUT2D eigenvalue weighted by Gasteiger charge is -2.01. The van der Waals surface area contributed by atoms with Crippen molar-refractivity contribution in [2.75, 3.05) is 0 Å². The van der Waals surface area contributed by atoms with Gasteiger partial charge in [0.1, 0.15) is 16.7 Å². The van der Waals surface area contributed by atoms with Crippen molar-refractivity contribution >= 4 is 39.8 Å². The second-order valence-electron chi connectivity index (χ2n) is 5.38. The molecule has 4 rings (SSSR count). The van der Waals surface area contributed by atoms with Gasteiger partial charge < -0.3 is 15.7 Å². The highest BCUT2D eigenvalue weighted by Crippen LogP contribution is 2.28. The number of aryl methyl sites for hydroxylation is 1. The molecule has 0 bridgehead atoms. The summed E-state index contributed by atoms with van der Waals surface area (Å²) in [5.41, 5.74) is 9.72. The molecule has 0 saturated carbocycles. The van der Waals surface area contributed by atoms with Crippen LogP contribution in [0.4, 0.5) is 0 Å². The van der Waals surface area contributed by atoms with Crippen LogP contribution in [0.2, 0.25) is 0 Å². The topological polar surface area (TPSA) is 109 Å². The molecule has 23 heavy (non-hydrogen) atoms. The van der Waals surface area contributed by atoms with Gasteiger partial charge in [-0.25, -0.2) is 4.98 Å². The molecule has 0 fully saturated rings. The first-order valence-corrected chi connectivity index (χ1v) is 7.00. The summed E-state index contributed by atoms with van der Waals surface area (Å²) in [6.45, 7) is 5.61. The van der Waals surface area contributed by atoms with Crippen LogP contribution in [0.5, 0.6) is 0 Å². The van der Waals surface area contributed by atoms with Crippen molar-refractivity contribution in [3.63, 3.8) is 0 Å². The first-order chi connectivity index (χ1) is 11.0. The molecule has 0 saturated heterocycles. The van der Waals surface area contributed by atoms with E-state index in [0.29, 0.717) is 27.8 Å². The molecular weight excluding hydrogens is 294 g/mol. The third kappa shape index (κ3) is 1.61. The monoisotopic (exact) mass is 307 g/mol. The number of nitrogens with two attached hydrogens (primary N) is 1. The molecule has 3 aromatic heterocycles. The van der Waals surface area contributed by atoms with E-state index in [1.165, 1.54) is 6.07 Å². The molecule has 4 N–H and O–H groups in total. The van der Waals surface area contributed by atoms with Crippen LogP contribution in [-0.2, 0) is 0 Å². The Bertz CT molecular complexity index is 1190. The summed E-state index contributed by atoms with van der Waals surface area (Å²) >= 11 is 0. The van der Waals surface area contributed by atoms with E-state index < -0.39 is 5.91 Å². The predicted molar refractivity (Wildman–Crippen MR) is 88.5 cm³/mol. The molecule has 0 radical (unpaired) electrons. The Morgan fingerprint density at radius 2 is 2.22 bits per heavy atom. The number of carbonyl (C=O) groups excluding carboxylic acids is 1. The third-order valence-electron chi connectivity index (χ3n) is 4.00. The normalized spacial score (nSPS) is 11.5. The zero-order valence-electron chi connectivity index (χ0n) is 12.3. The molecule has 7 heteroatoms. The maximum Gasteiger partial charge on any atom is 0.254 e. The highest BCUT2D eigenvalue weighted by atomic mass is 16.1. The molecule has 3 heterocycles. The van der Waals surface area contributed by atoms with E-state index in [1.807, 2.05) is 6.92 Å². The van der Waals surface area contributed by atoms with Crippen LogP contribution >= 0.6 is 0 Å². The zero-order valence-corrected chi connectivity index (χ0v) is 12.3. The van der Waals surface area contributed by atoms with Crippen LogP contribution in [0.3, 0.4) is 0 Å². The number of aromatic amines is 2. The zero-order chi connectivity index (χ0) is 16.3. The predicted octanol–water partition coefficient (Wildman–Crippen LogP) is 1.71. The molecule has 0 atom stereocenters. The van der Waals surface area contributed by atoms with Crippen LogP contribution in [0.1, 0.15) is 21.6 Å². The van der Waals surface area contributed by atoms with Crippen LogP contribution in [0.15, 0.2) is 29.7 Å². The Labute approximate surface area is 129 Å². The first-order valence-electron chi connectivity index (χ1n) is 7.00. The van der Waals surface area contributed by atoms with Gasteiger partial charge in [0, 0.05) is 6.20 Å². The van der Waals surface area contributed by atoms with Gasteiger partial charge in [0.05, 0.1) is 16.7 Å². The third-order valence-corrected chi connectivity index (χ3v) is 4.00. The summed E-state index contributed by atoms with van der Waals surface area (Å²) in [5, 5.41) is 0. The van der Waals surface area contributed by atoms with Crippen LogP contribution < -0.4 is 11.2 Å². The fraction of sp³-hybridized carbons (Fsp3) is 0.0625. The minimum absolute atomic E-state index is 0.193. The molecule has 0 aliphatic rings. The number of primary amides is 1. The van der Waals surface area contributed by atoms with Crippen LogP contribution in [0.25, 0.3) is 33.9 Å². The molecule has 4 aromatic rings. The van der Waals surface area contributed by atoms with Gasteiger partial charge in [-0.05, 0) is 24.6 Å². The molecule has 0 aliphatic carbocycles. The van der Waals surface area contributed by atoms with E-state index >= 15 is 0 Å². The number of aromatic nitrogens is 4. The van der Waals surface area contributed by atoms with Crippen LogP contribution in [0, 0.1) is 6.92 Å². The number of nitrogens with one attached hydrogen (secondary N) is 2. The quantitative estimate of drug-likeness (QED) is 0.524. The highest BCUT2D eigenvalue weighted by Gasteiger charge is 2.23. The maximum atomic E-state index is 12.1. The van der Waals surface area contributed by atoms with Gasteiger partial charge in [-0.3, -0.25) is 14.0 Å². The van der Waals surface area contributed by atoms with Crippen molar-refractivity contribution < 1.29 is 4.79 Å². The van der Waals surface area contributed by atoms with Crippen molar-refractivity contribution in [2.45, 2.75) is 6.92 Å². The van der Waals surface area contributed by atoms with Crippen molar-refractivity contribution in [3.05, 3.63) is 52.0 Å². The van der Waals surface area contributed by atoms with Gasteiger partial charge >= 0.3 is 0 Å². The fourth-order valence-electron chi connectivity index (χ4n) is 2.97. The SMILES string of the molecule is C=Cc1c[nH]c2c(C(N)=O)c3nc4c(=O)ccc(C)c4n3c2[nH]1. The Hall–Kier alpha value is -3.35. The number of rotatable bonds is 2. The number of fused-ring (bicyclic) bond motifs is 5. The molecule has 7 nitrogen and oxygen atoms in total. The lowest BCUT2D eigenvalue weighted by Crippen LogP contribution is -2.11. The lowest BCUT2D eigenvalue weighted by atomic mass is 10.2. The minimum Gasteiger partial charge on any atom is -0.365 e. The number of hydrogen-bond donors (Lipinski definition) is 3. The number of nitrogens with zero attached hydrogens (tertiary/aromatic N) is 2. The molecule has 0 spiro atoms. The van der Waals surface area contributed by atoms with E-state index in [4.69, 9.17) is 5.73 Å². The average molecular weight is 307 g/mol. The van der Waals surface area contributed by atoms with Gasteiger partial charge in [-0.2, -0.15) is 0 Å². The summed E-state index contributed by atoms with van der Waals surface area (Å²) in [6.07, 6.45) is 3.33.